The molecule has 2 rings (SSSR count). The van der Waals surface area contributed by atoms with Crippen LogP contribution in [0.15, 0.2) is 42.5 Å². The van der Waals surface area contributed by atoms with Crippen molar-refractivity contribution < 1.29 is 4.74 Å². The van der Waals surface area contributed by atoms with Gasteiger partial charge in [-0.1, -0.05) is 24.3 Å². The summed E-state index contributed by atoms with van der Waals surface area (Å²) < 4.78 is 6.03. The molecule has 1 N–H and O–H groups in total. The lowest BCUT2D eigenvalue weighted by Gasteiger charge is -2.16. The molecule has 0 aliphatic carbocycles. The first-order chi connectivity index (χ1) is 9.11. The molecule has 100 valence electrons. The number of aryl methyl sites for hydroxylation is 2. The standard InChI is InChI=1S/C17H21NO/c1-12-9-10-15(11-13(12)2)19-17-8-6-5-7-16(17)14(3)18-4/h5-11,14,18H,1-4H3. The molecule has 0 saturated heterocycles. The van der Waals surface area contributed by atoms with Crippen LogP contribution < -0.4 is 10.1 Å². The maximum atomic E-state index is 6.03. The van der Waals surface area contributed by atoms with Crippen LogP contribution in [0.4, 0.5) is 0 Å². The van der Waals surface area contributed by atoms with Gasteiger partial charge in [0.05, 0.1) is 0 Å². The number of hydrogen-bond donors (Lipinski definition) is 1. The fraction of sp³-hybridized carbons (Fsp3) is 0.294. The maximum Gasteiger partial charge on any atom is 0.132 e. The summed E-state index contributed by atoms with van der Waals surface area (Å²) >= 11 is 0. The van der Waals surface area contributed by atoms with Gasteiger partial charge in [-0.15, -0.1) is 0 Å². The minimum Gasteiger partial charge on any atom is -0.457 e. The first kappa shape index (κ1) is 13.6. The van der Waals surface area contributed by atoms with Gasteiger partial charge in [-0.2, -0.15) is 0 Å². The fourth-order valence-electron chi connectivity index (χ4n) is 1.99. The van der Waals surface area contributed by atoms with Crippen molar-refractivity contribution in [3.63, 3.8) is 0 Å². The van der Waals surface area contributed by atoms with E-state index < -0.39 is 0 Å². The molecule has 0 spiro atoms. The number of rotatable bonds is 4. The molecule has 2 heteroatoms. The van der Waals surface area contributed by atoms with Crippen molar-refractivity contribution in [3.05, 3.63) is 59.2 Å². The Balaban J connectivity index is 2.30. The van der Waals surface area contributed by atoms with Crippen molar-refractivity contribution in [2.45, 2.75) is 26.8 Å². The molecule has 0 fully saturated rings. The van der Waals surface area contributed by atoms with E-state index in [1.165, 1.54) is 16.7 Å². The Morgan fingerprint density at radius 1 is 1.00 bits per heavy atom. The van der Waals surface area contributed by atoms with Crippen LogP contribution in [0, 0.1) is 13.8 Å². The second-order valence-corrected chi connectivity index (χ2v) is 4.90. The summed E-state index contributed by atoms with van der Waals surface area (Å²) in [5.74, 6) is 1.80. The van der Waals surface area contributed by atoms with E-state index in [9.17, 15) is 0 Å². The zero-order valence-corrected chi connectivity index (χ0v) is 12.0. The monoisotopic (exact) mass is 255 g/mol. The summed E-state index contributed by atoms with van der Waals surface area (Å²) in [6, 6.07) is 14.6. The molecule has 0 aromatic heterocycles. The molecular weight excluding hydrogens is 234 g/mol. The Kier molecular flexibility index (Phi) is 4.23. The van der Waals surface area contributed by atoms with E-state index in [0.717, 1.165) is 11.5 Å². The molecule has 2 nitrogen and oxygen atoms in total. The topological polar surface area (TPSA) is 21.3 Å². The average Bonchev–Trinajstić information content (AvgIpc) is 2.43. The largest absolute Gasteiger partial charge is 0.457 e. The highest BCUT2D eigenvalue weighted by Gasteiger charge is 2.10. The lowest BCUT2D eigenvalue weighted by atomic mass is 10.1. The second kappa shape index (κ2) is 5.89. The molecule has 19 heavy (non-hydrogen) atoms. The second-order valence-electron chi connectivity index (χ2n) is 4.90. The molecule has 1 unspecified atom stereocenters. The Bertz CT molecular complexity index is 563. The lowest BCUT2D eigenvalue weighted by Crippen LogP contribution is -2.13. The molecule has 0 saturated carbocycles. The summed E-state index contributed by atoms with van der Waals surface area (Å²) in [6.45, 7) is 6.34. The summed E-state index contributed by atoms with van der Waals surface area (Å²) in [6.07, 6.45) is 0. The van der Waals surface area contributed by atoms with Crippen molar-refractivity contribution in [2.24, 2.45) is 0 Å². The highest BCUT2D eigenvalue weighted by atomic mass is 16.5. The quantitative estimate of drug-likeness (QED) is 0.875. The van der Waals surface area contributed by atoms with E-state index in [-0.39, 0.29) is 6.04 Å². The molecule has 0 bridgehead atoms. The van der Waals surface area contributed by atoms with Gasteiger partial charge in [-0.05, 0) is 57.1 Å². The lowest BCUT2D eigenvalue weighted by molar-refractivity contribution is 0.466. The normalized spacial score (nSPS) is 12.2. The van der Waals surface area contributed by atoms with Crippen LogP contribution in [-0.4, -0.2) is 7.05 Å². The van der Waals surface area contributed by atoms with Gasteiger partial charge >= 0.3 is 0 Å². The smallest absolute Gasteiger partial charge is 0.132 e. The highest BCUT2D eigenvalue weighted by molar-refractivity contribution is 5.41. The first-order valence-corrected chi connectivity index (χ1v) is 6.63. The number of ether oxygens (including phenoxy) is 1. The Morgan fingerprint density at radius 3 is 2.42 bits per heavy atom. The summed E-state index contributed by atoms with van der Waals surface area (Å²) in [5, 5.41) is 3.25. The zero-order chi connectivity index (χ0) is 13.8. The molecule has 0 amide bonds. The van der Waals surface area contributed by atoms with Crippen LogP contribution >= 0.6 is 0 Å². The summed E-state index contributed by atoms with van der Waals surface area (Å²) in [5.41, 5.74) is 3.70. The predicted molar refractivity (Wildman–Crippen MR) is 79.9 cm³/mol. The van der Waals surface area contributed by atoms with Gasteiger partial charge < -0.3 is 10.1 Å². The van der Waals surface area contributed by atoms with Gasteiger partial charge in [-0.3, -0.25) is 0 Å². The van der Waals surface area contributed by atoms with Gasteiger partial charge in [0.15, 0.2) is 0 Å². The van der Waals surface area contributed by atoms with Gasteiger partial charge in [-0.25, -0.2) is 0 Å². The fourth-order valence-corrected chi connectivity index (χ4v) is 1.99. The first-order valence-electron chi connectivity index (χ1n) is 6.63. The summed E-state index contributed by atoms with van der Waals surface area (Å²) in [7, 11) is 1.96. The number of benzene rings is 2. The van der Waals surface area contributed by atoms with Crippen LogP contribution in [0.1, 0.15) is 29.7 Å². The molecule has 1 atom stereocenters. The third-order valence-electron chi connectivity index (χ3n) is 3.52. The molecule has 0 aliphatic heterocycles. The third-order valence-corrected chi connectivity index (χ3v) is 3.52. The van der Waals surface area contributed by atoms with Gasteiger partial charge in [0.25, 0.3) is 0 Å². The van der Waals surface area contributed by atoms with Crippen LogP contribution in [-0.2, 0) is 0 Å². The SMILES string of the molecule is CNC(C)c1ccccc1Oc1ccc(C)c(C)c1. The maximum absolute atomic E-state index is 6.03. The summed E-state index contributed by atoms with van der Waals surface area (Å²) in [4.78, 5) is 0. The van der Waals surface area contributed by atoms with E-state index in [2.05, 4.69) is 44.3 Å². The third kappa shape index (κ3) is 3.15. The van der Waals surface area contributed by atoms with Gasteiger partial charge in [0.1, 0.15) is 11.5 Å². The Hall–Kier alpha value is -1.80. The van der Waals surface area contributed by atoms with E-state index in [4.69, 9.17) is 4.74 Å². The number of hydrogen-bond acceptors (Lipinski definition) is 2. The van der Waals surface area contributed by atoms with E-state index in [1.807, 2.05) is 31.3 Å². The molecular formula is C17H21NO. The Labute approximate surface area is 115 Å². The van der Waals surface area contributed by atoms with Gasteiger partial charge in [0.2, 0.25) is 0 Å². The molecule has 0 radical (unpaired) electrons. The van der Waals surface area contributed by atoms with Crippen molar-refractivity contribution in [1.29, 1.82) is 0 Å². The van der Waals surface area contributed by atoms with Gasteiger partial charge in [0, 0.05) is 11.6 Å². The molecule has 2 aromatic carbocycles. The van der Waals surface area contributed by atoms with Crippen molar-refractivity contribution in [1.82, 2.24) is 5.32 Å². The Morgan fingerprint density at radius 2 is 1.74 bits per heavy atom. The molecule has 0 heterocycles. The van der Waals surface area contributed by atoms with Crippen molar-refractivity contribution in [2.75, 3.05) is 7.05 Å². The predicted octanol–water partition coefficient (Wildman–Crippen LogP) is 4.38. The average molecular weight is 255 g/mol. The van der Waals surface area contributed by atoms with Crippen molar-refractivity contribution in [3.8, 4) is 11.5 Å². The van der Waals surface area contributed by atoms with E-state index in [0.29, 0.717) is 0 Å². The number of para-hydroxylation sites is 1. The van der Waals surface area contributed by atoms with E-state index in [1.54, 1.807) is 0 Å². The van der Waals surface area contributed by atoms with Crippen LogP contribution in [0.3, 0.4) is 0 Å². The van der Waals surface area contributed by atoms with Crippen LogP contribution in [0.25, 0.3) is 0 Å². The number of nitrogens with one attached hydrogen (secondary N) is 1. The minimum atomic E-state index is 0.266. The van der Waals surface area contributed by atoms with Crippen LogP contribution in [0.5, 0.6) is 11.5 Å². The highest BCUT2D eigenvalue weighted by Crippen LogP contribution is 2.30. The minimum absolute atomic E-state index is 0.266. The van der Waals surface area contributed by atoms with Crippen molar-refractivity contribution >= 4 is 0 Å². The zero-order valence-electron chi connectivity index (χ0n) is 12.0. The van der Waals surface area contributed by atoms with Crippen LogP contribution in [0.2, 0.25) is 0 Å². The molecule has 2 aromatic rings. The molecule has 0 aliphatic rings. The van der Waals surface area contributed by atoms with E-state index >= 15 is 0 Å².